The Morgan fingerprint density at radius 3 is 2.94 bits per heavy atom. The molecule has 5 nitrogen and oxygen atoms in total. The number of ether oxygens (including phenoxy) is 1. The van der Waals surface area contributed by atoms with Crippen molar-refractivity contribution < 1.29 is 14.6 Å². The molecule has 0 aliphatic carbocycles. The van der Waals surface area contributed by atoms with Gasteiger partial charge in [-0.1, -0.05) is 0 Å². The number of rotatable bonds is 5. The second-order valence-electron chi connectivity index (χ2n) is 3.70. The molecule has 0 amide bonds. The van der Waals surface area contributed by atoms with Gasteiger partial charge in [-0.2, -0.15) is 0 Å². The Kier molecular flexibility index (Phi) is 4.85. The first kappa shape index (κ1) is 13.1. The largest absolute Gasteiger partial charge is 0.469 e. The van der Waals surface area contributed by atoms with E-state index in [0.717, 1.165) is 11.4 Å². The number of carbonyl (C=O) groups excluding carboxylic acids is 1. The third-order valence-electron chi connectivity index (χ3n) is 1.92. The van der Waals surface area contributed by atoms with Gasteiger partial charge in [0.2, 0.25) is 0 Å². The van der Waals surface area contributed by atoms with E-state index in [-0.39, 0.29) is 6.42 Å². The molecule has 6 heteroatoms. The molecule has 1 rings (SSSR count). The average molecular weight is 244 g/mol. The molecule has 1 atom stereocenters. The van der Waals surface area contributed by atoms with Crippen LogP contribution in [-0.2, 0) is 16.1 Å². The minimum atomic E-state index is -0.867. The van der Waals surface area contributed by atoms with E-state index in [2.05, 4.69) is 9.72 Å². The summed E-state index contributed by atoms with van der Waals surface area (Å²) in [5.41, 5.74) is 0. The standard InChI is InChI=1S/C10H16N2O3S/c1-12(2)6-7-5-11-10(16-7)8(13)4-9(14)15-3/h5,8,13H,4,6H2,1-3H3/t8-/m1/s1. The van der Waals surface area contributed by atoms with E-state index in [4.69, 9.17) is 0 Å². The Morgan fingerprint density at radius 2 is 2.38 bits per heavy atom. The van der Waals surface area contributed by atoms with E-state index < -0.39 is 12.1 Å². The zero-order chi connectivity index (χ0) is 12.1. The number of hydrogen-bond acceptors (Lipinski definition) is 6. The number of thiazole rings is 1. The molecule has 1 N–H and O–H groups in total. The summed E-state index contributed by atoms with van der Waals surface area (Å²) in [4.78, 5) is 18.1. The van der Waals surface area contributed by atoms with Crippen LogP contribution in [0.4, 0.5) is 0 Å². The predicted octanol–water partition coefficient (Wildman–Crippen LogP) is 0.801. The molecule has 0 aliphatic heterocycles. The molecule has 0 fully saturated rings. The van der Waals surface area contributed by atoms with Crippen molar-refractivity contribution >= 4 is 17.3 Å². The molecule has 0 aromatic carbocycles. The van der Waals surface area contributed by atoms with Crippen molar-refractivity contribution in [1.82, 2.24) is 9.88 Å². The maximum atomic E-state index is 11.0. The normalized spacial score (nSPS) is 12.8. The first-order chi connectivity index (χ1) is 7.52. The van der Waals surface area contributed by atoms with Gasteiger partial charge in [-0.15, -0.1) is 11.3 Å². The summed E-state index contributed by atoms with van der Waals surface area (Å²) in [6, 6.07) is 0. The molecule has 0 saturated heterocycles. The van der Waals surface area contributed by atoms with E-state index in [1.54, 1.807) is 6.20 Å². The molecule has 0 spiro atoms. The van der Waals surface area contributed by atoms with Gasteiger partial charge in [0.05, 0.1) is 13.5 Å². The SMILES string of the molecule is COC(=O)C[C@@H](O)c1ncc(CN(C)C)s1. The van der Waals surface area contributed by atoms with E-state index in [1.165, 1.54) is 18.4 Å². The monoisotopic (exact) mass is 244 g/mol. The summed E-state index contributed by atoms with van der Waals surface area (Å²) in [5.74, 6) is -0.433. The molecule has 1 aromatic heterocycles. The van der Waals surface area contributed by atoms with Crippen LogP contribution in [0, 0.1) is 0 Å². The number of aliphatic hydroxyl groups excluding tert-OH is 1. The first-order valence-electron chi connectivity index (χ1n) is 4.87. The molecule has 0 radical (unpaired) electrons. The van der Waals surface area contributed by atoms with E-state index in [9.17, 15) is 9.90 Å². The smallest absolute Gasteiger partial charge is 0.308 e. The summed E-state index contributed by atoms with van der Waals surface area (Å²) >= 11 is 1.41. The van der Waals surface area contributed by atoms with Crippen LogP contribution in [0.2, 0.25) is 0 Å². The summed E-state index contributed by atoms with van der Waals surface area (Å²) in [5, 5.41) is 10.3. The Labute approximate surface area is 98.7 Å². The summed E-state index contributed by atoms with van der Waals surface area (Å²) in [7, 11) is 5.23. The summed E-state index contributed by atoms with van der Waals surface area (Å²) in [6.07, 6.45) is 0.805. The van der Waals surface area contributed by atoms with Crippen LogP contribution in [0.1, 0.15) is 22.4 Å². The highest BCUT2D eigenvalue weighted by Gasteiger charge is 2.16. The fourth-order valence-corrected chi connectivity index (χ4v) is 2.21. The van der Waals surface area contributed by atoms with Crippen LogP contribution in [-0.4, -0.2) is 42.2 Å². The lowest BCUT2D eigenvalue weighted by Gasteiger charge is -2.06. The quantitative estimate of drug-likeness (QED) is 0.776. The third-order valence-corrected chi connectivity index (χ3v) is 3.00. The van der Waals surface area contributed by atoms with Gasteiger partial charge in [0, 0.05) is 17.6 Å². The molecule has 16 heavy (non-hydrogen) atoms. The van der Waals surface area contributed by atoms with Crippen LogP contribution < -0.4 is 0 Å². The van der Waals surface area contributed by atoms with Crippen LogP contribution in [0.15, 0.2) is 6.20 Å². The Hall–Kier alpha value is -0.980. The number of esters is 1. The van der Waals surface area contributed by atoms with Gasteiger partial charge in [-0.3, -0.25) is 4.79 Å². The summed E-state index contributed by atoms with van der Waals surface area (Å²) in [6.45, 7) is 0.780. The van der Waals surface area contributed by atoms with E-state index in [0.29, 0.717) is 5.01 Å². The zero-order valence-electron chi connectivity index (χ0n) is 9.64. The molecular weight excluding hydrogens is 228 g/mol. The number of aromatic nitrogens is 1. The Balaban J connectivity index is 2.59. The second-order valence-corrected chi connectivity index (χ2v) is 4.85. The van der Waals surface area contributed by atoms with Crippen LogP contribution in [0.3, 0.4) is 0 Å². The second kappa shape index (κ2) is 5.93. The van der Waals surface area contributed by atoms with Crippen molar-refractivity contribution in [3.8, 4) is 0 Å². The Bertz CT molecular complexity index is 352. The van der Waals surface area contributed by atoms with Gasteiger partial charge in [0.15, 0.2) is 0 Å². The fourth-order valence-electron chi connectivity index (χ4n) is 1.19. The molecule has 0 unspecified atom stereocenters. The molecule has 0 saturated carbocycles. The maximum Gasteiger partial charge on any atom is 0.308 e. The number of carbonyl (C=O) groups is 1. The molecule has 90 valence electrons. The lowest BCUT2D eigenvalue weighted by Crippen LogP contribution is -2.09. The third kappa shape index (κ3) is 3.88. The number of hydrogen-bond donors (Lipinski definition) is 1. The number of aliphatic hydroxyl groups is 1. The molecule has 1 aromatic rings. The maximum absolute atomic E-state index is 11.0. The highest BCUT2D eigenvalue weighted by Crippen LogP contribution is 2.23. The highest BCUT2D eigenvalue weighted by atomic mass is 32.1. The molecular formula is C10H16N2O3S. The van der Waals surface area contributed by atoms with Crippen molar-refractivity contribution in [1.29, 1.82) is 0 Å². The lowest BCUT2D eigenvalue weighted by atomic mass is 10.3. The minimum Gasteiger partial charge on any atom is -0.469 e. The molecule has 0 aliphatic rings. The average Bonchev–Trinajstić information content (AvgIpc) is 2.65. The minimum absolute atomic E-state index is 0.0502. The molecule has 0 bridgehead atoms. The van der Waals surface area contributed by atoms with Crippen molar-refractivity contribution in [3.63, 3.8) is 0 Å². The number of nitrogens with zero attached hydrogens (tertiary/aromatic N) is 2. The van der Waals surface area contributed by atoms with E-state index >= 15 is 0 Å². The van der Waals surface area contributed by atoms with Gasteiger partial charge in [-0.25, -0.2) is 4.98 Å². The Morgan fingerprint density at radius 1 is 1.69 bits per heavy atom. The van der Waals surface area contributed by atoms with Crippen molar-refractivity contribution in [2.45, 2.75) is 19.1 Å². The first-order valence-corrected chi connectivity index (χ1v) is 5.68. The zero-order valence-corrected chi connectivity index (χ0v) is 10.5. The molecule has 1 heterocycles. The van der Waals surface area contributed by atoms with Crippen LogP contribution in [0.25, 0.3) is 0 Å². The van der Waals surface area contributed by atoms with Gasteiger partial charge < -0.3 is 14.7 Å². The van der Waals surface area contributed by atoms with Gasteiger partial charge >= 0.3 is 5.97 Å². The lowest BCUT2D eigenvalue weighted by molar-refractivity contribution is -0.142. The fraction of sp³-hybridized carbons (Fsp3) is 0.600. The van der Waals surface area contributed by atoms with Crippen molar-refractivity contribution in [2.24, 2.45) is 0 Å². The number of methoxy groups -OCH3 is 1. The predicted molar refractivity (Wildman–Crippen MR) is 61.1 cm³/mol. The summed E-state index contributed by atoms with van der Waals surface area (Å²) < 4.78 is 4.48. The van der Waals surface area contributed by atoms with Crippen LogP contribution in [0.5, 0.6) is 0 Å². The van der Waals surface area contributed by atoms with Gasteiger partial charge in [0.1, 0.15) is 11.1 Å². The van der Waals surface area contributed by atoms with Crippen LogP contribution >= 0.6 is 11.3 Å². The highest BCUT2D eigenvalue weighted by molar-refractivity contribution is 7.11. The van der Waals surface area contributed by atoms with Gasteiger partial charge in [0.25, 0.3) is 0 Å². The topological polar surface area (TPSA) is 62.7 Å². The van der Waals surface area contributed by atoms with Crippen molar-refractivity contribution in [3.05, 3.63) is 16.1 Å². The van der Waals surface area contributed by atoms with E-state index in [1.807, 2.05) is 19.0 Å². The van der Waals surface area contributed by atoms with Crippen molar-refractivity contribution in [2.75, 3.05) is 21.2 Å². The van der Waals surface area contributed by atoms with Gasteiger partial charge in [-0.05, 0) is 14.1 Å².